The molecule has 0 amide bonds. The molecule has 30 heavy (non-hydrogen) atoms. The molecule has 4 nitrogen and oxygen atoms in total. The fourth-order valence-electron chi connectivity index (χ4n) is 7.38. The number of ether oxygens (including phenoxy) is 3. The highest BCUT2D eigenvalue weighted by atomic mass is 16.7. The molecule has 4 fully saturated rings. The third-order valence-corrected chi connectivity index (χ3v) is 9.01. The molecule has 2 heterocycles. The van der Waals surface area contributed by atoms with Crippen molar-refractivity contribution in [1.29, 1.82) is 0 Å². The van der Waals surface area contributed by atoms with Gasteiger partial charge in [0.15, 0.2) is 5.79 Å². The number of fused-ring (bicyclic) bond motifs is 3. The van der Waals surface area contributed by atoms with Crippen LogP contribution < -0.4 is 4.74 Å². The average Bonchev–Trinajstić information content (AvgIpc) is 3.20. The van der Waals surface area contributed by atoms with E-state index in [2.05, 4.69) is 25.4 Å². The lowest BCUT2D eigenvalue weighted by molar-refractivity contribution is -0.355. The van der Waals surface area contributed by atoms with E-state index in [0.29, 0.717) is 17.9 Å². The first-order chi connectivity index (χ1) is 14.5. The maximum absolute atomic E-state index is 6.76. The Morgan fingerprint density at radius 2 is 1.87 bits per heavy atom. The first-order valence-corrected chi connectivity index (χ1v) is 12.0. The Bertz CT molecular complexity index is 774. The number of hydrogen-bond acceptors (Lipinski definition) is 4. The van der Waals surface area contributed by atoms with E-state index in [-0.39, 0.29) is 16.6 Å². The Morgan fingerprint density at radius 1 is 1.10 bits per heavy atom. The Hall–Kier alpha value is -1.39. The Kier molecular flexibility index (Phi) is 5.22. The maximum Gasteiger partial charge on any atom is 0.168 e. The Balaban J connectivity index is 1.32. The number of allylic oxidation sites excluding steroid dienone is 1. The van der Waals surface area contributed by atoms with Crippen molar-refractivity contribution < 1.29 is 14.2 Å². The van der Waals surface area contributed by atoms with Crippen molar-refractivity contribution in [3.8, 4) is 5.75 Å². The van der Waals surface area contributed by atoms with Gasteiger partial charge in [-0.05, 0) is 74.3 Å². The van der Waals surface area contributed by atoms with Gasteiger partial charge in [0.1, 0.15) is 5.75 Å². The monoisotopic (exact) mass is 411 g/mol. The predicted molar refractivity (Wildman–Crippen MR) is 117 cm³/mol. The minimum atomic E-state index is -0.270. The molecule has 0 bridgehead atoms. The van der Waals surface area contributed by atoms with Gasteiger partial charge in [-0.25, -0.2) is 0 Å². The van der Waals surface area contributed by atoms with Gasteiger partial charge in [0.2, 0.25) is 0 Å². The molecule has 0 N–H and O–H groups in total. The van der Waals surface area contributed by atoms with Gasteiger partial charge < -0.3 is 14.2 Å². The molecule has 4 aliphatic rings. The average molecular weight is 412 g/mol. The Labute approximate surface area is 181 Å². The lowest BCUT2D eigenvalue weighted by atomic mass is 9.46. The van der Waals surface area contributed by atoms with Crippen molar-refractivity contribution in [2.24, 2.45) is 22.7 Å². The first-order valence-electron chi connectivity index (χ1n) is 12.0. The van der Waals surface area contributed by atoms with E-state index in [1.54, 1.807) is 12.4 Å². The third kappa shape index (κ3) is 3.31. The summed E-state index contributed by atoms with van der Waals surface area (Å²) in [5.74, 6) is 1.74. The molecular weight excluding hydrogens is 374 g/mol. The quantitative estimate of drug-likeness (QED) is 0.576. The van der Waals surface area contributed by atoms with Gasteiger partial charge in [0.25, 0.3) is 0 Å². The summed E-state index contributed by atoms with van der Waals surface area (Å²) in [6, 6.07) is 3.87. The smallest absolute Gasteiger partial charge is 0.168 e. The number of aromatic nitrogens is 1. The number of nitrogens with zero attached hydrogens (tertiary/aromatic N) is 1. The molecule has 1 aromatic rings. The largest absolute Gasteiger partial charge is 0.493 e. The zero-order valence-corrected chi connectivity index (χ0v) is 18.7. The van der Waals surface area contributed by atoms with Gasteiger partial charge in [-0.1, -0.05) is 26.0 Å². The van der Waals surface area contributed by atoms with Gasteiger partial charge in [0, 0.05) is 30.7 Å². The lowest BCUT2D eigenvalue weighted by Crippen LogP contribution is -2.63. The summed E-state index contributed by atoms with van der Waals surface area (Å²) in [7, 11) is 0. The molecule has 5 rings (SSSR count). The van der Waals surface area contributed by atoms with Crippen LogP contribution in [0.1, 0.15) is 71.6 Å². The van der Waals surface area contributed by atoms with Crippen LogP contribution in [-0.4, -0.2) is 30.1 Å². The summed E-state index contributed by atoms with van der Waals surface area (Å²) in [6.07, 6.45) is 14.3. The molecule has 0 aromatic carbocycles. The molecule has 1 aromatic heterocycles. The molecule has 164 valence electrons. The number of pyridine rings is 1. The fraction of sp³-hybridized carbons (Fsp3) is 0.731. The SMILES string of the molecule is C=C1CCC2[C@]3(C)COC4(CCCC4)O[C@@H]3CC[C@@]2(C)[C@@H]1CCOc1ccncc1. The molecule has 3 aliphatic carbocycles. The predicted octanol–water partition coefficient (Wildman–Crippen LogP) is 5.93. The summed E-state index contributed by atoms with van der Waals surface area (Å²) < 4.78 is 19.3. The van der Waals surface area contributed by atoms with Gasteiger partial charge in [-0.2, -0.15) is 0 Å². The Morgan fingerprint density at radius 3 is 2.63 bits per heavy atom. The van der Waals surface area contributed by atoms with Crippen LogP contribution in [0.4, 0.5) is 0 Å². The third-order valence-electron chi connectivity index (χ3n) is 9.01. The van der Waals surface area contributed by atoms with Crippen molar-refractivity contribution >= 4 is 0 Å². The van der Waals surface area contributed by atoms with Crippen molar-refractivity contribution in [3.63, 3.8) is 0 Å². The molecule has 4 heteroatoms. The highest BCUT2D eigenvalue weighted by Gasteiger charge is 2.62. The summed E-state index contributed by atoms with van der Waals surface area (Å²) in [5, 5.41) is 0. The number of hydrogen-bond donors (Lipinski definition) is 0. The number of rotatable bonds is 4. The van der Waals surface area contributed by atoms with Crippen molar-refractivity contribution in [2.75, 3.05) is 13.2 Å². The van der Waals surface area contributed by atoms with E-state index < -0.39 is 0 Å². The standard InChI is InChI=1S/C26H37NO3/c1-19-6-7-22-24(2,21(19)11-17-28-20-9-15-27-16-10-20)14-8-23-25(22,3)18-29-26(30-23)12-4-5-13-26/h9-10,15-16,21-23H,1,4-8,11-14,17-18H2,2-3H3/t21-,22?,23-,24+,25+/m1/s1. The first kappa shape index (κ1) is 20.5. The minimum absolute atomic E-state index is 0.103. The van der Waals surface area contributed by atoms with Crippen LogP contribution in [0.25, 0.3) is 0 Å². The molecule has 1 spiro atoms. The van der Waals surface area contributed by atoms with Gasteiger partial charge in [0.05, 0.1) is 19.3 Å². The van der Waals surface area contributed by atoms with E-state index in [9.17, 15) is 0 Å². The molecular formula is C26H37NO3. The van der Waals surface area contributed by atoms with Crippen LogP contribution in [0.3, 0.4) is 0 Å². The lowest BCUT2D eigenvalue weighted by Gasteiger charge is -2.63. The van der Waals surface area contributed by atoms with E-state index >= 15 is 0 Å². The van der Waals surface area contributed by atoms with Crippen LogP contribution in [-0.2, 0) is 9.47 Å². The molecule has 1 saturated heterocycles. The van der Waals surface area contributed by atoms with E-state index in [1.807, 2.05) is 12.1 Å². The van der Waals surface area contributed by atoms with Gasteiger partial charge in [-0.3, -0.25) is 4.98 Å². The summed E-state index contributed by atoms with van der Waals surface area (Å²) in [5.41, 5.74) is 1.76. The second-order valence-corrected chi connectivity index (χ2v) is 10.7. The molecule has 1 unspecified atom stereocenters. The summed E-state index contributed by atoms with van der Waals surface area (Å²) >= 11 is 0. The summed E-state index contributed by atoms with van der Waals surface area (Å²) in [4.78, 5) is 4.07. The zero-order valence-electron chi connectivity index (χ0n) is 18.7. The van der Waals surface area contributed by atoms with E-state index in [1.165, 1.54) is 31.3 Å². The maximum atomic E-state index is 6.76. The van der Waals surface area contributed by atoms with Crippen molar-refractivity contribution in [1.82, 2.24) is 4.98 Å². The van der Waals surface area contributed by atoms with Gasteiger partial charge >= 0.3 is 0 Å². The van der Waals surface area contributed by atoms with Crippen LogP contribution in [0.2, 0.25) is 0 Å². The normalized spacial score (nSPS) is 40.1. The van der Waals surface area contributed by atoms with Crippen LogP contribution in [0.15, 0.2) is 36.7 Å². The highest BCUT2D eigenvalue weighted by Crippen LogP contribution is 2.64. The molecule has 0 radical (unpaired) electrons. The van der Waals surface area contributed by atoms with Crippen LogP contribution in [0, 0.1) is 22.7 Å². The second-order valence-electron chi connectivity index (χ2n) is 10.7. The summed E-state index contributed by atoms with van der Waals surface area (Å²) in [6.45, 7) is 11.1. The van der Waals surface area contributed by atoms with Crippen LogP contribution in [0.5, 0.6) is 5.75 Å². The van der Waals surface area contributed by atoms with Crippen molar-refractivity contribution in [2.45, 2.75) is 83.5 Å². The fourth-order valence-corrected chi connectivity index (χ4v) is 7.38. The molecule has 5 atom stereocenters. The zero-order chi connectivity index (χ0) is 20.8. The van der Waals surface area contributed by atoms with Crippen molar-refractivity contribution in [3.05, 3.63) is 36.7 Å². The minimum Gasteiger partial charge on any atom is -0.493 e. The van der Waals surface area contributed by atoms with Gasteiger partial charge in [-0.15, -0.1) is 0 Å². The van der Waals surface area contributed by atoms with E-state index in [4.69, 9.17) is 14.2 Å². The van der Waals surface area contributed by atoms with E-state index in [0.717, 1.165) is 51.1 Å². The topological polar surface area (TPSA) is 40.6 Å². The highest BCUT2D eigenvalue weighted by molar-refractivity contribution is 5.19. The molecule has 3 saturated carbocycles. The molecule has 1 aliphatic heterocycles. The second kappa shape index (κ2) is 7.63. The van der Waals surface area contributed by atoms with Crippen LogP contribution >= 0.6 is 0 Å².